The molecule has 0 bridgehead atoms. The van der Waals surface area contributed by atoms with Crippen molar-refractivity contribution in [2.75, 3.05) is 0 Å². The average Bonchev–Trinajstić information content (AvgIpc) is 2.05. The van der Waals surface area contributed by atoms with Crippen molar-refractivity contribution in [3.63, 3.8) is 0 Å². The van der Waals surface area contributed by atoms with E-state index in [9.17, 15) is 0 Å². The molecule has 0 heterocycles. The molecule has 0 rings (SSSR count). The van der Waals surface area contributed by atoms with Crippen molar-refractivity contribution in [1.82, 2.24) is 0 Å². The highest BCUT2D eigenvalue weighted by Crippen LogP contribution is 2.18. The van der Waals surface area contributed by atoms with Crippen molar-refractivity contribution in [1.29, 1.82) is 0 Å². The van der Waals surface area contributed by atoms with Crippen LogP contribution < -0.4 is 0 Å². The van der Waals surface area contributed by atoms with Crippen LogP contribution in [0.3, 0.4) is 0 Å². The highest BCUT2D eigenvalue weighted by Gasteiger charge is 2.03. The Kier molecular flexibility index (Phi) is 9.43. The maximum absolute atomic E-state index is 4.03. The molecule has 0 aromatic rings. The van der Waals surface area contributed by atoms with E-state index in [2.05, 4.69) is 60.1 Å². The molecule has 0 heteroatoms. The number of hydrogen-bond acceptors (Lipinski definition) is 0. The van der Waals surface area contributed by atoms with Gasteiger partial charge in [-0.05, 0) is 33.1 Å². The van der Waals surface area contributed by atoms with Gasteiger partial charge in [0, 0.05) is 1.43 Å². The normalized spacial score (nSPS) is 10.6. The first-order chi connectivity index (χ1) is 6.43. The van der Waals surface area contributed by atoms with Crippen LogP contribution in [0.4, 0.5) is 0 Å². The molecule has 0 spiro atoms. The molecule has 0 N–H and O–H groups in total. The smallest absolute Gasteiger partial charge is 0 e. The summed E-state index contributed by atoms with van der Waals surface area (Å²) in [5.74, 6) is 0.525. The van der Waals surface area contributed by atoms with E-state index in [4.69, 9.17) is 0 Å². The first-order valence-corrected chi connectivity index (χ1v) is 4.91. The molecular weight excluding hydrogens is 168 g/mol. The first kappa shape index (κ1) is 15.4. The van der Waals surface area contributed by atoms with E-state index in [1.165, 1.54) is 16.7 Å². The van der Waals surface area contributed by atoms with Crippen molar-refractivity contribution in [3.8, 4) is 0 Å². The molecule has 0 radical (unpaired) electrons. The summed E-state index contributed by atoms with van der Waals surface area (Å²) < 4.78 is 0. The SMILES string of the molecule is C=C.C=C(C)C[C@@H](C)C(=C)C=C(C)C.[HH]. The number of rotatable bonds is 4. The third kappa shape index (κ3) is 9.05. The van der Waals surface area contributed by atoms with Crippen molar-refractivity contribution in [2.45, 2.75) is 34.1 Å². The van der Waals surface area contributed by atoms with E-state index in [0.29, 0.717) is 5.92 Å². The van der Waals surface area contributed by atoms with E-state index in [-0.39, 0.29) is 1.43 Å². The highest BCUT2D eigenvalue weighted by molar-refractivity contribution is 5.21. The summed E-state index contributed by atoms with van der Waals surface area (Å²) in [5, 5.41) is 0. The van der Waals surface area contributed by atoms with Gasteiger partial charge in [-0.2, -0.15) is 0 Å². The van der Waals surface area contributed by atoms with Crippen LogP contribution in [0, 0.1) is 5.92 Å². The van der Waals surface area contributed by atoms with Gasteiger partial charge in [0.1, 0.15) is 0 Å². The fourth-order valence-electron chi connectivity index (χ4n) is 1.17. The average molecular weight is 194 g/mol. The van der Waals surface area contributed by atoms with Crippen molar-refractivity contribution in [3.05, 3.63) is 49.1 Å². The third-order valence-corrected chi connectivity index (χ3v) is 1.76. The van der Waals surface area contributed by atoms with Crippen LogP contribution in [0.1, 0.15) is 35.5 Å². The fourth-order valence-corrected chi connectivity index (χ4v) is 1.17. The van der Waals surface area contributed by atoms with Crippen LogP contribution in [0.2, 0.25) is 0 Å². The minimum absolute atomic E-state index is 0. The first-order valence-electron chi connectivity index (χ1n) is 4.91. The Morgan fingerprint density at radius 2 is 1.64 bits per heavy atom. The predicted octanol–water partition coefficient (Wildman–Crippen LogP) is 5.16. The Morgan fingerprint density at radius 3 is 1.93 bits per heavy atom. The molecule has 0 aliphatic carbocycles. The van der Waals surface area contributed by atoms with Crippen molar-refractivity contribution in [2.24, 2.45) is 5.92 Å². The van der Waals surface area contributed by atoms with Gasteiger partial charge in [0.15, 0.2) is 0 Å². The van der Waals surface area contributed by atoms with Gasteiger partial charge in [0.2, 0.25) is 0 Å². The lowest BCUT2D eigenvalue weighted by Gasteiger charge is -2.11. The third-order valence-electron chi connectivity index (χ3n) is 1.76. The molecule has 0 fully saturated rings. The van der Waals surface area contributed by atoms with Gasteiger partial charge in [0.05, 0.1) is 0 Å². The molecule has 82 valence electrons. The summed E-state index contributed by atoms with van der Waals surface area (Å²) in [6, 6.07) is 0. The second-order valence-electron chi connectivity index (χ2n) is 3.86. The maximum Gasteiger partial charge on any atom is 0 e. The summed E-state index contributed by atoms with van der Waals surface area (Å²) in [4.78, 5) is 0. The molecule has 0 aromatic heterocycles. The second-order valence-corrected chi connectivity index (χ2v) is 3.86. The second kappa shape index (κ2) is 8.55. The Morgan fingerprint density at radius 1 is 1.21 bits per heavy atom. The molecule has 0 unspecified atom stereocenters. The molecule has 0 aliphatic rings. The molecule has 0 nitrogen and oxygen atoms in total. The van der Waals surface area contributed by atoms with Crippen LogP contribution in [0.5, 0.6) is 0 Å². The van der Waals surface area contributed by atoms with Gasteiger partial charge >= 0.3 is 0 Å². The number of hydrogen-bond donors (Lipinski definition) is 0. The molecular formula is C14H26. The molecule has 0 saturated carbocycles. The Labute approximate surface area is 91.2 Å². The summed E-state index contributed by atoms with van der Waals surface area (Å²) in [6.45, 7) is 22.4. The Bertz CT molecular complexity index is 219. The summed E-state index contributed by atoms with van der Waals surface area (Å²) >= 11 is 0. The lowest BCUT2D eigenvalue weighted by Crippen LogP contribution is -1.96. The molecule has 0 saturated heterocycles. The Balaban J connectivity index is -0.000000449. The van der Waals surface area contributed by atoms with E-state index < -0.39 is 0 Å². The van der Waals surface area contributed by atoms with Crippen molar-refractivity contribution >= 4 is 0 Å². The minimum Gasteiger partial charge on any atom is -0.106 e. The highest BCUT2D eigenvalue weighted by atomic mass is 14.1. The monoisotopic (exact) mass is 194 g/mol. The molecule has 0 amide bonds. The van der Waals surface area contributed by atoms with Gasteiger partial charge in [-0.1, -0.05) is 36.3 Å². The summed E-state index contributed by atoms with van der Waals surface area (Å²) in [6.07, 6.45) is 3.19. The van der Waals surface area contributed by atoms with Crippen LogP contribution in [0.25, 0.3) is 0 Å². The van der Waals surface area contributed by atoms with Gasteiger partial charge < -0.3 is 0 Å². The predicted molar refractivity (Wildman–Crippen MR) is 70.5 cm³/mol. The van der Waals surface area contributed by atoms with E-state index in [1.54, 1.807) is 0 Å². The topological polar surface area (TPSA) is 0 Å². The fraction of sp³-hybridized carbons (Fsp3) is 0.429. The lowest BCUT2D eigenvalue weighted by molar-refractivity contribution is 0.690. The quantitative estimate of drug-likeness (QED) is 0.428. The maximum atomic E-state index is 4.03. The standard InChI is InChI=1S/C12H20.C2H4.H2/c1-9(2)7-11(5)12(6)8-10(3)4;1-2;/h8,11H,1,6-7H2,2-5H3;1-2H2;1H/t11-;;/m1../s1. The van der Waals surface area contributed by atoms with E-state index >= 15 is 0 Å². The number of allylic oxidation sites excluding steroid dienone is 4. The van der Waals surface area contributed by atoms with Gasteiger partial charge in [-0.15, -0.1) is 19.7 Å². The van der Waals surface area contributed by atoms with E-state index in [1.807, 2.05) is 0 Å². The van der Waals surface area contributed by atoms with Crippen LogP contribution >= 0.6 is 0 Å². The van der Waals surface area contributed by atoms with Crippen LogP contribution in [-0.2, 0) is 0 Å². The Hall–Kier alpha value is -1.04. The van der Waals surface area contributed by atoms with E-state index in [0.717, 1.165) is 6.42 Å². The van der Waals surface area contributed by atoms with Crippen LogP contribution in [0.15, 0.2) is 49.1 Å². The largest absolute Gasteiger partial charge is 0.106 e. The molecule has 0 aromatic carbocycles. The minimum atomic E-state index is 0. The summed E-state index contributed by atoms with van der Waals surface area (Å²) in [5.41, 5.74) is 3.75. The molecule has 0 aliphatic heterocycles. The molecule has 1 atom stereocenters. The summed E-state index contributed by atoms with van der Waals surface area (Å²) in [7, 11) is 0. The van der Waals surface area contributed by atoms with Gasteiger partial charge in [-0.25, -0.2) is 0 Å². The lowest BCUT2D eigenvalue weighted by atomic mass is 9.94. The zero-order chi connectivity index (χ0) is 11.7. The van der Waals surface area contributed by atoms with Crippen molar-refractivity contribution < 1.29 is 1.43 Å². The van der Waals surface area contributed by atoms with Gasteiger partial charge in [0.25, 0.3) is 0 Å². The molecule has 14 heavy (non-hydrogen) atoms. The van der Waals surface area contributed by atoms with Crippen LogP contribution in [-0.4, -0.2) is 0 Å². The zero-order valence-electron chi connectivity index (χ0n) is 10.2. The van der Waals surface area contributed by atoms with Gasteiger partial charge in [-0.3, -0.25) is 0 Å². The zero-order valence-corrected chi connectivity index (χ0v) is 10.2.